The SMILES string of the molecule is CC1CC(N(c2cccc3c2OC2=C(CCC=C2)O3)C2CC=CCC2)C2C=C3C4C(C=C(N(C5=CCCC=C5)c5cccc6c5OC5=C(CCC=C5)O6)C5C=CC1=C2C54)CCC3(C)C. The second-order valence-electron chi connectivity index (χ2n) is 20.7. The highest BCUT2D eigenvalue weighted by molar-refractivity contribution is 5.75. The van der Waals surface area contributed by atoms with Crippen molar-refractivity contribution in [3.8, 4) is 23.0 Å². The number of fused-ring (bicyclic) bond motifs is 2. The quantitative estimate of drug-likeness (QED) is 0.270. The minimum Gasteiger partial charge on any atom is -0.454 e. The molecule has 0 aromatic heterocycles. The van der Waals surface area contributed by atoms with Crippen molar-refractivity contribution >= 4 is 11.4 Å². The molecule has 8 atom stereocenters. The number of nitrogens with zero attached hydrogens (tertiary/aromatic N) is 2. The van der Waals surface area contributed by atoms with Gasteiger partial charge in [0.2, 0.25) is 0 Å². The first kappa shape index (κ1) is 38.8. The van der Waals surface area contributed by atoms with E-state index in [1.807, 2.05) is 0 Å². The second kappa shape index (κ2) is 15.0. The smallest absolute Gasteiger partial charge is 0.194 e. The van der Waals surface area contributed by atoms with Crippen molar-refractivity contribution in [3.63, 3.8) is 0 Å². The molecule has 9 aliphatic carbocycles. The first-order valence-electron chi connectivity index (χ1n) is 24.6. The highest BCUT2D eigenvalue weighted by Gasteiger charge is 2.57. The minimum atomic E-state index is 0.117. The van der Waals surface area contributed by atoms with Crippen molar-refractivity contribution in [2.75, 3.05) is 9.80 Å². The maximum Gasteiger partial charge on any atom is 0.194 e. The number of hydrogen-bond acceptors (Lipinski definition) is 6. The third-order valence-corrected chi connectivity index (χ3v) is 16.6. The van der Waals surface area contributed by atoms with Crippen LogP contribution in [-0.4, -0.2) is 12.1 Å². The molecule has 6 heteroatoms. The van der Waals surface area contributed by atoms with Crippen molar-refractivity contribution in [1.29, 1.82) is 0 Å². The summed E-state index contributed by atoms with van der Waals surface area (Å²) in [5.41, 5.74) is 9.95. The lowest BCUT2D eigenvalue weighted by atomic mass is 9.47. The highest BCUT2D eigenvalue weighted by atomic mass is 16.6. The molecule has 8 unspecified atom stereocenters. The summed E-state index contributed by atoms with van der Waals surface area (Å²) in [5, 5.41) is 0. The Labute approximate surface area is 379 Å². The Morgan fingerprint density at radius 2 is 1.41 bits per heavy atom. The predicted molar refractivity (Wildman–Crippen MR) is 255 cm³/mol. The molecule has 6 nitrogen and oxygen atoms in total. The third-order valence-electron chi connectivity index (χ3n) is 16.6. The van der Waals surface area contributed by atoms with Crippen LogP contribution in [0.4, 0.5) is 11.4 Å². The lowest BCUT2D eigenvalue weighted by molar-refractivity contribution is 0.136. The van der Waals surface area contributed by atoms with Gasteiger partial charge < -0.3 is 28.7 Å². The summed E-state index contributed by atoms with van der Waals surface area (Å²) in [6.07, 6.45) is 43.8. The third kappa shape index (κ3) is 6.03. The number of para-hydroxylation sites is 2. The van der Waals surface area contributed by atoms with Gasteiger partial charge in [-0.1, -0.05) is 105 Å². The molecule has 13 rings (SSSR count). The van der Waals surface area contributed by atoms with Crippen LogP contribution in [0.25, 0.3) is 0 Å². The van der Waals surface area contributed by atoms with E-state index in [2.05, 4.69) is 146 Å². The van der Waals surface area contributed by atoms with E-state index < -0.39 is 0 Å². The van der Waals surface area contributed by atoms with E-state index >= 15 is 0 Å². The van der Waals surface area contributed by atoms with Gasteiger partial charge in [-0.05, 0) is 141 Å². The van der Waals surface area contributed by atoms with Gasteiger partial charge >= 0.3 is 0 Å². The molecule has 1 saturated carbocycles. The van der Waals surface area contributed by atoms with Crippen molar-refractivity contribution in [3.05, 3.63) is 167 Å². The Bertz CT molecular complexity index is 2690. The molecule has 0 saturated heterocycles. The highest BCUT2D eigenvalue weighted by Crippen LogP contribution is 2.65. The van der Waals surface area contributed by atoms with Crippen molar-refractivity contribution in [1.82, 2.24) is 0 Å². The summed E-state index contributed by atoms with van der Waals surface area (Å²) in [4.78, 5) is 5.44. The molecular formula is C58H60N2O4. The van der Waals surface area contributed by atoms with Crippen LogP contribution < -0.4 is 28.7 Å². The van der Waals surface area contributed by atoms with Gasteiger partial charge in [0.15, 0.2) is 34.5 Å². The molecule has 11 aliphatic rings. The molecule has 2 aromatic carbocycles. The summed E-state index contributed by atoms with van der Waals surface area (Å²) in [6, 6.07) is 13.8. The van der Waals surface area contributed by atoms with Gasteiger partial charge in [-0.3, -0.25) is 0 Å². The molecule has 2 aromatic rings. The van der Waals surface area contributed by atoms with E-state index in [9.17, 15) is 0 Å². The summed E-state index contributed by atoms with van der Waals surface area (Å²) in [6.45, 7) is 7.60. The van der Waals surface area contributed by atoms with Gasteiger partial charge in [-0.25, -0.2) is 0 Å². The Kier molecular flexibility index (Phi) is 9.08. The molecule has 0 spiro atoms. The minimum absolute atomic E-state index is 0.117. The standard InChI is InChI=1S/C58H60N2O4/c1-35-32-45(59(37-16-6-4-7-17-37)43-20-14-26-51-56(43)63-49-24-12-10-22-47(49)61-51)41-34-42-53-36(30-31-58(42,2)3)33-46(40-29-28-39(35)54(41)55(40)53)60(38-18-8-5-9-19-38)44-21-15-27-52-57(44)64-50-25-13-11-23-48(50)62-52/h4,6,8,12-15,18-21,24-29,33-37,40-41,45,53,55H,5,7,9-11,16-17,22-23,30-32H2,1-3H3. The Morgan fingerprint density at radius 3 is 2.12 bits per heavy atom. The average molecular weight is 849 g/mol. The van der Waals surface area contributed by atoms with Crippen molar-refractivity contribution in [2.45, 2.75) is 110 Å². The zero-order valence-electron chi connectivity index (χ0n) is 37.6. The molecule has 0 N–H and O–H groups in total. The Morgan fingerprint density at radius 1 is 0.672 bits per heavy atom. The van der Waals surface area contributed by atoms with E-state index in [-0.39, 0.29) is 23.3 Å². The van der Waals surface area contributed by atoms with Gasteiger partial charge in [-0.2, -0.15) is 0 Å². The molecule has 64 heavy (non-hydrogen) atoms. The zero-order chi connectivity index (χ0) is 42.7. The Hall–Kier alpha value is -5.62. The van der Waals surface area contributed by atoms with E-state index in [0.29, 0.717) is 29.7 Å². The van der Waals surface area contributed by atoms with Crippen LogP contribution >= 0.6 is 0 Å². The van der Waals surface area contributed by atoms with Crippen molar-refractivity contribution in [2.24, 2.45) is 40.9 Å². The molecule has 0 bridgehead atoms. The van der Waals surface area contributed by atoms with Crippen LogP contribution in [0.1, 0.15) is 97.8 Å². The summed E-state index contributed by atoms with van der Waals surface area (Å²) < 4.78 is 27.2. The van der Waals surface area contributed by atoms with Crippen LogP contribution in [0.15, 0.2) is 167 Å². The number of ether oxygens (including phenoxy) is 4. The van der Waals surface area contributed by atoms with Crippen LogP contribution in [0.3, 0.4) is 0 Å². The Balaban J connectivity index is 0.962. The molecule has 326 valence electrons. The first-order valence-corrected chi connectivity index (χ1v) is 24.6. The lowest BCUT2D eigenvalue weighted by Crippen LogP contribution is -2.56. The summed E-state index contributed by atoms with van der Waals surface area (Å²) >= 11 is 0. The number of benzene rings is 2. The van der Waals surface area contributed by atoms with Crippen LogP contribution in [0, 0.1) is 40.9 Å². The maximum absolute atomic E-state index is 6.96. The number of allylic oxidation sites excluding steroid dienone is 15. The molecule has 2 heterocycles. The maximum atomic E-state index is 6.96. The molecule has 0 amide bonds. The van der Waals surface area contributed by atoms with Crippen LogP contribution in [0.2, 0.25) is 0 Å². The predicted octanol–water partition coefficient (Wildman–Crippen LogP) is 14.0. The van der Waals surface area contributed by atoms with E-state index in [4.69, 9.17) is 18.9 Å². The van der Waals surface area contributed by atoms with Crippen molar-refractivity contribution < 1.29 is 18.9 Å². The molecule has 0 radical (unpaired) electrons. The fraction of sp³-hybridized carbons (Fsp3) is 0.414. The first-order chi connectivity index (χ1) is 31.4. The fourth-order valence-corrected chi connectivity index (χ4v) is 13.7. The number of hydrogen-bond donors (Lipinski definition) is 0. The normalized spacial score (nSPS) is 32.0. The monoisotopic (exact) mass is 848 g/mol. The topological polar surface area (TPSA) is 43.4 Å². The summed E-state index contributed by atoms with van der Waals surface area (Å²) in [5.74, 6) is 9.10. The van der Waals surface area contributed by atoms with Gasteiger partial charge in [0, 0.05) is 48.2 Å². The lowest BCUT2D eigenvalue weighted by Gasteiger charge is -2.60. The molecule has 1 fully saturated rings. The zero-order valence-corrected chi connectivity index (χ0v) is 37.6. The van der Waals surface area contributed by atoms with E-state index in [0.717, 1.165) is 116 Å². The van der Waals surface area contributed by atoms with Gasteiger partial charge in [0.1, 0.15) is 11.5 Å². The molecule has 2 aliphatic heterocycles. The largest absolute Gasteiger partial charge is 0.454 e. The van der Waals surface area contributed by atoms with Gasteiger partial charge in [-0.15, -0.1) is 0 Å². The van der Waals surface area contributed by atoms with Crippen LogP contribution in [0.5, 0.6) is 23.0 Å². The average Bonchev–Trinajstić information content (AvgIpc) is 3.33. The number of anilines is 2. The molecular weight excluding hydrogens is 789 g/mol. The van der Waals surface area contributed by atoms with Gasteiger partial charge in [0.25, 0.3) is 0 Å². The second-order valence-corrected chi connectivity index (χ2v) is 20.7. The van der Waals surface area contributed by atoms with E-state index in [1.165, 1.54) is 29.9 Å². The van der Waals surface area contributed by atoms with E-state index in [1.54, 1.807) is 16.7 Å². The van der Waals surface area contributed by atoms with Gasteiger partial charge in [0.05, 0.1) is 11.4 Å². The van der Waals surface area contributed by atoms with Crippen LogP contribution in [-0.2, 0) is 0 Å². The number of rotatable bonds is 6. The summed E-state index contributed by atoms with van der Waals surface area (Å²) in [7, 11) is 0. The fourth-order valence-electron chi connectivity index (χ4n) is 13.7.